The van der Waals surface area contributed by atoms with E-state index in [0.29, 0.717) is 4.57 Å². The van der Waals surface area contributed by atoms with E-state index < -0.39 is 23.3 Å². The Morgan fingerprint density at radius 1 is 1.27 bits per heavy atom. The van der Waals surface area contributed by atoms with Gasteiger partial charge in [-0.25, -0.2) is 18.1 Å². The lowest BCUT2D eigenvalue weighted by molar-refractivity contribution is 0.438. The molecule has 0 unspecified atom stereocenters. The molecule has 1 heterocycles. The van der Waals surface area contributed by atoms with Gasteiger partial charge in [0.25, 0.3) is 0 Å². The Morgan fingerprint density at radius 3 is 2.53 bits per heavy atom. The Labute approximate surface area is 82.0 Å². The molecule has 1 aromatic carbocycles. The van der Waals surface area contributed by atoms with Gasteiger partial charge < -0.3 is 9.52 Å². The number of hydrogen-bond donors (Lipinski definition) is 1. The third-order valence-electron chi connectivity index (χ3n) is 1.84. The van der Waals surface area contributed by atoms with Crippen LogP contribution in [-0.2, 0) is 0 Å². The van der Waals surface area contributed by atoms with Gasteiger partial charge in [-0.05, 0) is 12.1 Å². The molecule has 78 valence electrons. The van der Waals surface area contributed by atoms with E-state index in [1.165, 1.54) is 0 Å². The lowest BCUT2D eigenvalue weighted by atomic mass is 10.3. The van der Waals surface area contributed by atoms with Crippen LogP contribution in [0, 0.1) is 11.6 Å². The average molecular weight is 213 g/mol. The van der Waals surface area contributed by atoms with Gasteiger partial charge in [0.2, 0.25) is 5.88 Å². The van der Waals surface area contributed by atoms with Gasteiger partial charge in [0.15, 0.2) is 17.9 Å². The van der Waals surface area contributed by atoms with Crippen molar-refractivity contribution in [2.24, 2.45) is 0 Å². The molecule has 2 rings (SSSR count). The van der Waals surface area contributed by atoms with E-state index in [2.05, 4.69) is 4.42 Å². The van der Waals surface area contributed by atoms with Gasteiger partial charge in [-0.15, -0.1) is 0 Å². The first kappa shape index (κ1) is 9.45. The molecule has 0 aliphatic carbocycles. The highest BCUT2D eigenvalue weighted by molar-refractivity contribution is 5.35. The quantitative estimate of drug-likeness (QED) is 0.779. The van der Waals surface area contributed by atoms with Crippen LogP contribution in [0.1, 0.15) is 0 Å². The highest BCUT2D eigenvalue weighted by atomic mass is 19.2. The monoisotopic (exact) mass is 213 g/mol. The molecule has 1 aromatic heterocycles. The standard InChI is InChI=1S/C9H5F2NO3/c10-6-2-1-5(3-7(6)11)12-8(13)4-15-9(12)14/h1-4,13H. The Morgan fingerprint density at radius 2 is 2.00 bits per heavy atom. The molecule has 0 spiro atoms. The molecule has 4 nitrogen and oxygen atoms in total. The summed E-state index contributed by atoms with van der Waals surface area (Å²) < 4.78 is 30.5. The van der Waals surface area contributed by atoms with Crippen molar-refractivity contribution in [2.75, 3.05) is 0 Å². The van der Waals surface area contributed by atoms with Crippen molar-refractivity contribution in [3.63, 3.8) is 0 Å². The number of nitrogens with zero attached hydrogens (tertiary/aromatic N) is 1. The summed E-state index contributed by atoms with van der Waals surface area (Å²) in [7, 11) is 0. The minimum atomic E-state index is -1.11. The number of aromatic hydroxyl groups is 1. The minimum Gasteiger partial charge on any atom is -0.492 e. The molecule has 0 aliphatic rings. The van der Waals surface area contributed by atoms with E-state index in [9.17, 15) is 18.7 Å². The number of rotatable bonds is 1. The van der Waals surface area contributed by atoms with E-state index in [-0.39, 0.29) is 5.69 Å². The fourth-order valence-corrected chi connectivity index (χ4v) is 1.16. The predicted molar refractivity (Wildman–Crippen MR) is 45.9 cm³/mol. The van der Waals surface area contributed by atoms with Crippen LogP contribution in [-0.4, -0.2) is 9.67 Å². The van der Waals surface area contributed by atoms with Crippen LogP contribution in [0.15, 0.2) is 33.7 Å². The van der Waals surface area contributed by atoms with Gasteiger partial charge in [-0.3, -0.25) is 0 Å². The highest BCUT2D eigenvalue weighted by Gasteiger charge is 2.11. The van der Waals surface area contributed by atoms with Crippen LogP contribution >= 0.6 is 0 Å². The van der Waals surface area contributed by atoms with Crippen molar-refractivity contribution in [2.45, 2.75) is 0 Å². The molecule has 2 aromatic rings. The summed E-state index contributed by atoms with van der Waals surface area (Å²) in [5.74, 6) is -3.50. The molecule has 0 fully saturated rings. The summed E-state index contributed by atoms with van der Waals surface area (Å²) in [6.07, 6.45) is 0.809. The van der Waals surface area contributed by atoms with Gasteiger partial charge >= 0.3 is 5.76 Å². The largest absolute Gasteiger partial charge is 0.492 e. The maximum atomic E-state index is 12.8. The molecule has 6 heteroatoms. The zero-order valence-corrected chi connectivity index (χ0v) is 7.28. The van der Waals surface area contributed by atoms with Crippen molar-refractivity contribution < 1.29 is 18.3 Å². The number of hydrogen-bond acceptors (Lipinski definition) is 3. The Bertz CT molecular complexity index is 559. The lowest BCUT2D eigenvalue weighted by Crippen LogP contribution is -2.11. The first-order valence-corrected chi connectivity index (χ1v) is 3.94. The Balaban J connectivity index is 2.65. The predicted octanol–water partition coefficient (Wildman–Crippen LogP) is 1.41. The van der Waals surface area contributed by atoms with Gasteiger partial charge in [0.1, 0.15) is 0 Å². The second-order valence-electron chi connectivity index (χ2n) is 2.79. The SMILES string of the molecule is O=c1occ(O)n1-c1ccc(F)c(F)c1. The van der Waals surface area contributed by atoms with Crippen molar-refractivity contribution in [1.29, 1.82) is 0 Å². The number of benzene rings is 1. The zero-order valence-electron chi connectivity index (χ0n) is 7.28. The zero-order chi connectivity index (χ0) is 11.0. The van der Waals surface area contributed by atoms with Gasteiger partial charge in [-0.1, -0.05) is 0 Å². The third kappa shape index (κ3) is 1.50. The normalized spacial score (nSPS) is 10.5. The average Bonchev–Trinajstić information content (AvgIpc) is 2.52. The summed E-state index contributed by atoms with van der Waals surface area (Å²) in [6, 6.07) is 2.78. The van der Waals surface area contributed by atoms with Crippen LogP contribution in [0.4, 0.5) is 8.78 Å². The first-order valence-electron chi connectivity index (χ1n) is 3.94. The van der Waals surface area contributed by atoms with Crippen LogP contribution in [0.5, 0.6) is 5.88 Å². The van der Waals surface area contributed by atoms with Crippen LogP contribution in [0.25, 0.3) is 5.69 Å². The molecule has 0 saturated heterocycles. The molecule has 0 aliphatic heterocycles. The smallest absolute Gasteiger partial charge is 0.426 e. The van der Waals surface area contributed by atoms with E-state index in [1.807, 2.05) is 0 Å². The summed E-state index contributed by atoms with van der Waals surface area (Å²) in [6.45, 7) is 0. The molecule has 0 amide bonds. The van der Waals surface area contributed by atoms with E-state index in [4.69, 9.17) is 0 Å². The Hall–Kier alpha value is -2.11. The molecule has 0 radical (unpaired) electrons. The maximum absolute atomic E-state index is 12.8. The molecular formula is C9H5F2NO3. The molecule has 0 saturated carbocycles. The highest BCUT2D eigenvalue weighted by Crippen LogP contribution is 2.16. The molecule has 0 atom stereocenters. The van der Waals surface area contributed by atoms with Crippen molar-refractivity contribution >= 4 is 0 Å². The Kier molecular flexibility index (Phi) is 2.03. The maximum Gasteiger partial charge on any atom is 0.426 e. The van der Waals surface area contributed by atoms with Crippen molar-refractivity contribution in [1.82, 2.24) is 4.57 Å². The minimum absolute atomic E-state index is 0.00912. The van der Waals surface area contributed by atoms with Crippen molar-refractivity contribution in [3.8, 4) is 11.6 Å². The van der Waals surface area contributed by atoms with Crippen LogP contribution in [0.3, 0.4) is 0 Å². The summed E-state index contributed by atoms with van der Waals surface area (Å²) >= 11 is 0. The molecule has 15 heavy (non-hydrogen) atoms. The molecule has 1 N–H and O–H groups in total. The summed E-state index contributed by atoms with van der Waals surface area (Å²) in [5.41, 5.74) is -0.00912. The van der Waals surface area contributed by atoms with Gasteiger partial charge in [0.05, 0.1) is 5.69 Å². The number of oxazole rings is 1. The van der Waals surface area contributed by atoms with Gasteiger partial charge in [0, 0.05) is 6.07 Å². The first-order chi connectivity index (χ1) is 7.09. The lowest BCUT2D eigenvalue weighted by Gasteiger charge is -2.01. The molecular weight excluding hydrogens is 208 g/mol. The second-order valence-corrected chi connectivity index (χ2v) is 2.79. The molecule has 0 bridgehead atoms. The van der Waals surface area contributed by atoms with Crippen molar-refractivity contribution in [3.05, 3.63) is 46.6 Å². The van der Waals surface area contributed by atoms with Crippen LogP contribution < -0.4 is 5.76 Å². The summed E-state index contributed by atoms with van der Waals surface area (Å²) in [5, 5.41) is 9.20. The number of aromatic nitrogens is 1. The fourth-order valence-electron chi connectivity index (χ4n) is 1.16. The second kappa shape index (κ2) is 3.23. The third-order valence-corrected chi connectivity index (χ3v) is 1.84. The fraction of sp³-hybridized carbons (Fsp3) is 0. The van der Waals surface area contributed by atoms with Crippen LogP contribution in [0.2, 0.25) is 0 Å². The van der Waals surface area contributed by atoms with E-state index >= 15 is 0 Å². The summed E-state index contributed by atoms with van der Waals surface area (Å²) in [4.78, 5) is 11.1. The number of halogens is 2. The topological polar surface area (TPSA) is 55.4 Å². The van der Waals surface area contributed by atoms with Gasteiger partial charge in [-0.2, -0.15) is 0 Å². The van der Waals surface area contributed by atoms with E-state index in [1.54, 1.807) is 0 Å². The van der Waals surface area contributed by atoms with E-state index in [0.717, 1.165) is 24.5 Å².